The zero-order chi connectivity index (χ0) is 24.6. The van der Waals surface area contributed by atoms with E-state index in [4.69, 9.17) is 4.74 Å². The van der Waals surface area contributed by atoms with Crippen molar-refractivity contribution in [1.29, 1.82) is 0 Å². The van der Waals surface area contributed by atoms with Gasteiger partial charge in [0.2, 0.25) is 5.91 Å². The van der Waals surface area contributed by atoms with Crippen LogP contribution in [0, 0.1) is 11.8 Å². The zero-order valence-corrected chi connectivity index (χ0v) is 20.8. The summed E-state index contributed by atoms with van der Waals surface area (Å²) in [4.78, 5) is 54.8. The van der Waals surface area contributed by atoms with Crippen LogP contribution < -0.4 is 5.32 Å². The average Bonchev–Trinajstić information content (AvgIpc) is 3.26. The van der Waals surface area contributed by atoms with Crippen LogP contribution in [0.15, 0.2) is 24.3 Å². The monoisotopic (exact) mass is 482 g/mol. The van der Waals surface area contributed by atoms with E-state index in [2.05, 4.69) is 12.2 Å². The minimum atomic E-state index is -0.986. The van der Waals surface area contributed by atoms with Crippen LogP contribution in [0.1, 0.15) is 82.1 Å². The molecular formula is C26H30N2O5S. The number of imide groups is 1. The third-order valence-corrected chi connectivity index (χ3v) is 7.53. The smallest absolute Gasteiger partial charge is 0.341 e. The van der Waals surface area contributed by atoms with Gasteiger partial charge in [-0.3, -0.25) is 19.3 Å². The largest absolute Gasteiger partial charge is 0.462 e. The molecule has 2 aromatic rings. The van der Waals surface area contributed by atoms with Crippen LogP contribution in [-0.4, -0.2) is 41.2 Å². The molecule has 8 heteroatoms. The standard InChI is InChI=1S/C26H30N2O5S/c1-5-33-26(32)21-18-11-10-15(4)13-20(18)34-23(21)27-22(29)19(12-14(2)3)28-24(30)16-8-6-7-9-17(16)25(28)31/h6-9,14-15,19H,5,10-13H2,1-4H3,(H,27,29). The summed E-state index contributed by atoms with van der Waals surface area (Å²) in [5.41, 5.74) is 1.97. The highest BCUT2D eigenvalue weighted by Gasteiger charge is 2.43. The SMILES string of the molecule is CCOC(=O)c1c(NC(=O)C(CC(C)C)N2C(=O)c3ccccc3C2=O)sc2c1CCC(C)C2. The fourth-order valence-electron chi connectivity index (χ4n) is 4.72. The Labute approximate surface area is 203 Å². The van der Waals surface area contributed by atoms with E-state index in [1.165, 1.54) is 11.3 Å². The first-order valence-electron chi connectivity index (χ1n) is 11.8. The Balaban J connectivity index is 1.68. The second-order valence-electron chi connectivity index (χ2n) is 9.44. The van der Waals surface area contributed by atoms with Crippen LogP contribution in [0.4, 0.5) is 5.00 Å². The first-order valence-corrected chi connectivity index (χ1v) is 12.6. The van der Waals surface area contributed by atoms with Crippen LogP contribution in [0.2, 0.25) is 0 Å². The van der Waals surface area contributed by atoms with Gasteiger partial charge < -0.3 is 10.1 Å². The summed E-state index contributed by atoms with van der Waals surface area (Å²) in [7, 11) is 0. The van der Waals surface area contributed by atoms with Crippen molar-refractivity contribution in [1.82, 2.24) is 4.90 Å². The number of carbonyl (C=O) groups excluding carboxylic acids is 4. The van der Waals surface area contributed by atoms with Crippen molar-refractivity contribution in [3.8, 4) is 0 Å². The average molecular weight is 483 g/mol. The van der Waals surface area contributed by atoms with Gasteiger partial charge in [0.05, 0.1) is 23.3 Å². The molecule has 4 rings (SSSR count). The van der Waals surface area contributed by atoms with E-state index in [-0.39, 0.29) is 12.5 Å². The molecule has 180 valence electrons. The summed E-state index contributed by atoms with van der Waals surface area (Å²) >= 11 is 1.39. The lowest BCUT2D eigenvalue weighted by molar-refractivity contribution is -0.120. The maximum atomic E-state index is 13.6. The van der Waals surface area contributed by atoms with Gasteiger partial charge in [-0.25, -0.2) is 4.79 Å². The first kappa shape index (κ1) is 24.1. The lowest BCUT2D eigenvalue weighted by atomic mass is 9.88. The van der Waals surface area contributed by atoms with Gasteiger partial charge >= 0.3 is 5.97 Å². The van der Waals surface area contributed by atoms with Crippen LogP contribution >= 0.6 is 11.3 Å². The summed E-state index contributed by atoms with van der Waals surface area (Å²) in [6.07, 6.45) is 2.88. The van der Waals surface area contributed by atoms with Crippen LogP contribution in [0.25, 0.3) is 0 Å². The first-order chi connectivity index (χ1) is 16.2. The molecule has 7 nitrogen and oxygen atoms in total. The van der Waals surface area contributed by atoms with Gasteiger partial charge in [0.25, 0.3) is 11.8 Å². The van der Waals surface area contributed by atoms with Crippen LogP contribution in [0.3, 0.4) is 0 Å². The summed E-state index contributed by atoms with van der Waals surface area (Å²) in [6.45, 7) is 8.03. The number of thiophene rings is 1. The van der Waals surface area contributed by atoms with Crippen molar-refractivity contribution >= 4 is 40.0 Å². The van der Waals surface area contributed by atoms with Crippen molar-refractivity contribution in [3.63, 3.8) is 0 Å². The number of rotatable bonds is 7. The lowest BCUT2D eigenvalue weighted by Gasteiger charge is -2.26. The van der Waals surface area contributed by atoms with E-state index in [1.54, 1.807) is 31.2 Å². The van der Waals surface area contributed by atoms with Gasteiger partial charge in [0.15, 0.2) is 0 Å². The molecule has 2 aliphatic rings. The Morgan fingerprint density at radius 1 is 1.18 bits per heavy atom. The molecule has 34 heavy (non-hydrogen) atoms. The van der Waals surface area contributed by atoms with Gasteiger partial charge in [-0.05, 0) is 62.1 Å². The number of amides is 3. The normalized spacial score (nSPS) is 18.0. The third kappa shape index (κ3) is 4.39. The predicted molar refractivity (Wildman–Crippen MR) is 130 cm³/mol. The van der Waals surface area contributed by atoms with E-state index >= 15 is 0 Å². The summed E-state index contributed by atoms with van der Waals surface area (Å²) in [5.74, 6) is -1.30. The molecule has 0 fully saturated rings. The molecule has 1 aliphatic heterocycles. The number of hydrogen-bond acceptors (Lipinski definition) is 6. The van der Waals surface area contributed by atoms with Gasteiger partial charge in [0, 0.05) is 4.88 Å². The van der Waals surface area contributed by atoms with Gasteiger partial charge in [-0.2, -0.15) is 0 Å². The summed E-state index contributed by atoms with van der Waals surface area (Å²) in [6, 6.07) is 5.63. The Bertz CT molecular complexity index is 1120. The second kappa shape index (κ2) is 9.70. The quantitative estimate of drug-likeness (QED) is 0.456. The fourth-order valence-corrected chi connectivity index (χ4v) is 6.12. The van der Waals surface area contributed by atoms with E-state index in [0.29, 0.717) is 34.0 Å². The molecule has 1 aromatic heterocycles. The van der Waals surface area contributed by atoms with E-state index < -0.39 is 29.7 Å². The van der Waals surface area contributed by atoms with Crippen LogP contribution in [0.5, 0.6) is 0 Å². The number of benzene rings is 1. The number of hydrogen-bond donors (Lipinski definition) is 1. The minimum Gasteiger partial charge on any atom is -0.462 e. The van der Waals surface area contributed by atoms with Crippen molar-refractivity contribution < 1.29 is 23.9 Å². The molecule has 0 saturated heterocycles. The van der Waals surface area contributed by atoms with Gasteiger partial charge in [-0.15, -0.1) is 11.3 Å². The molecule has 0 spiro atoms. The van der Waals surface area contributed by atoms with E-state index in [1.807, 2.05) is 13.8 Å². The molecule has 0 saturated carbocycles. The highest BCUT2D eigenvalue weighted by Crippen LogP contribution is 2.40. The zero-order valence-electron chi connectivity index (χ0n) is 20.0. The fraction of sp³-hybridized carbons (Fsp3) is 0.462. The van der Waals surface area contributed by atoms with Gasteiger partial charge in [-0.1, -0.05) is 32.9 Å². The number of nitrogens with one attached hydrogen (secondary N) is 1. The Morgan fingerprint density at radius 3 is 2.41 bits per heavy atom. The topological polar surface area (TPSA) is 92.8 Å². The number of carbonyl (C=O) groups is 4. The minimum absolute atomic E-state index is 0.0574. The highest BCUT2D eigenvalue weighted by atomic mass is 32.1. The number of fused-ring (bicyclic) bond motifs is 2. The van der Waals surface area contributed by atoms with E-state index in [9.17, 15) is 19.2 Å². The molecule has 3 amide bonds. The number of ether oxygens (including phenoxy) is 1. The summed E-state index contributed by atoms with van der Waals surface area (Å²) in [5, 5.41) is 3.34. The highest BCUT2D eigenvalue weighted by molar-refractivity contribution is 7.17. The number of nitrogens with zero attached hydrogens (tertiary/aromatic N) is 1. The molecule has 0 bridgehead atoms. The van der Waals surface area contributed by atoms with E-state index in [0.717, 1.165) is 34.6 Å². The van der Waals surface area contributed by atoms with Gasteiger partial charge in [0.1, 0.15) is 11.0 Å². The molecule has 2 unspecified atom stereocenters. The molecule has 1 N–H and O–H groups in total. The third-order valence-electron chi connectivity index (χ3n) is 6.36. The van der Waals surface area contributed by atoms with Crippen LogP contribution in [-0.2, 0) is 22.4 Å². The summed E-state index contributed by atoms with van der Waals surface area (Å²) < 4.78 is 5.30. The van der Waals surface area contributed by atoms with Crippen molar-refractivity contribution in [3.05, 3.63) is 51.4 Å². The molecule has 1 aromatic carbocycles. The molecule has 0 radical (unpaired) electrons. The Morgan fingerprint density at radius 2 is 1.82 bits per heavy atom. The Hall–Kier alpha value is -3.00. The number of anilines is 1. The molecule has 2 heterocycles. The predicted octanol–water partition coefficient (Wildman–Crippen LogP) is 4.70. The molecular weight excluding hydrogens is 452 g/mol. The van der Waals surface area contributed by atoms with Crippen molar-refractivity contribution in [2.24, 2.45) is 11.8 Å². The number of esters is 1. The molecule has 1 aliphatic carbocycles. The van der Waals surface area contributed by atoms with Crippen molar-refractivity contribution in [2.75, 3.05) is 11.9 Å². The Kier molecular flexibility index (Phi) is 6.89. The second-order valence-corrected chi connectivity index (χ2v) is 10.5. The maximum Gasteiger partial charge on any atom is 0.341 e. The lowest BCUT2D eigenvalue weighted by Crippen LogP contribution is -2.48. The van der Waals surface area contributed by atoms with Crippen molar-refractivity contribution in [2.45, 2.75) is 59.4 Å². The maximum absolute atomic E-state index is 13.6. The molecule has 2 atom stereocenters.